The van der Waals surface area contributed by atoms with Crippen LogP contribution in [-0.4, -0.2) is 20.7 Å². The van der Waals surface area contributed by atoms with Crippen molar-refractivity contribution in [2.24, 2.45) is 10.8 Å². The number of nitrogens with zero attached hydrogens (tertiary/aromatic N) is 1. The summed E-state index contributed by atoms with van der Waals surface area (Å²) in [6.45, 7) is 8.90. The fourth-order valence-corrected chi connectivity index (χ4v) is 4.03. The topological polar surface area (TPSA) is 74.8 Å². The number of rotatable bonds is 2. The summed E-state index contributed by atoms with van der Waals surface area (Å²) in [5, 5.41) is 2.96. The van der Waals surface area contributed by atoms with Crippen LogP contribution in [0.2, 0.25) is 0 Å². The number of aromatic nitrogens is 2. The fourth-order valence-electron chi connectivity index (χ4n) is 3.55. The zero-order valence-corrected chi connectivity index (χ0v) is 12.7. The molecule has 0 bridgehead atoms. The Morgan fingerprint density at radius 1 is 1.32 bits per heavy atom. The zero-order valence-electron chi connectivity index (χ0n) is 11.9. The molecule has 0 radical (unpaired) electrons. The van der Waals surface area contributed by atoms with Crippen molar-refractivity contribution in [1.82, 2.24) is 14.1 Å². The Kier molecular flexibility index (Phi) is 3.55. The van der Waals surface area contributed by atoms with Gasteiger partial charge in [0.25, 0.3) is 11.5 Å². The molecule has 1 fully saturated rings. The van der Waals surface area contributed by atoms with E-state index in [1.54, 1.807) is 0 Å². The van der Waals surface area contributed by atoms with Crippen molar-refractivity contribution >= 4 is 17.6 Å². The lowest BCUT2D eigenvalue weighted by molar-refractivity contribution is 0.0710. The summed E-state index contributed by atoms with van der Waals surface area (Å²) in [4.78, 5) is 23.4. The lowest BCUT2D eigenvalue weighted by atomic mass is 9.63. The standard InChI is InChI=1S/C13H21N3O2S/c1-12(2)5-8(6-13(3,4)7-12)14-10(17)9-11(18)16-19-15-9/h8H,5-7H2,1-4H3,(H,14,17)(H,16,18). The molecule has 19 heavy (non-hydrogen) atoms. The normalized spacial score (nSPS) is 22.1. The lowest BCUT2D eigenvalue weighted by Crippen LogP contribution is -2.46. The maximum absolute atomic E-state index is 12.0. The molecule has 1 aromatic rings. The first kappa shape index (κ1) is 14.2. The van der Waals surface area contributed by atoms with E-state index in [1.807, 2.05) is 0 Å². The average Bonchev–Trinajstić information content (AvgIpc) is 2.58. The Labute approximate surface area is 117 Å². The minimum absolute atomic E-state index is 0.0221. The van der Waals surface area contributed by atoms with Crippen molar-refractivity contribution < 1.29 is 4.79 Å². The van der Waals surface area contributed by atoms with E-state index in [-0.39, 0.29) is 28.5 Å². The average molecular weight is 283 g/mol. The maximum Gasteiger partial charge on any atom is 0.291 e. The zero-order chi connectivity index (χ0) is 14.3. The predicted octanol–water partition coefficient (Wildman–Crippen LogP) is 2.17. The van der Waals surface area contributed by atoms with E-state index in [4.69, 9.17) is 0 Å². The van der Waals surface area contributed by atoms with Crippen LogP contribution >= 0.6 is 11.7 Å². The van der Waals surface area contributed by atoms with Crippen molar-refractivity contribution in [3.05, 3.63) is 16.0 Å². The quantitative estimate of drug-likeness (QED) is 0.873. The van der Waals surface area contributed by atoms with Crippen LogP contribution in [0.1, 0.15) is 57.4 Å². The highest BCUT2D eigenvalue weighted by atomic mass is 32.1. The molecule has 0 saturated heterocycles. The highest BCUT2D eigenvalue weighted by Crippen LogP contribution is 2.45. The summed E-state index contributed by atoms with van der Waals surface area (Å²) in [5.41, 5.74) is -0.0226. The van der Waals surface area contributed by atoms with Crippen LogP contribution in [-0.2, 0) is 0 Å². The highest BCUT2D eigenvalue weighted by molar-refractivity contribution is 6.99. The summed E-state index contributed by atoms with van der Waals surface area (Å²) in [5.74, 6) is -0.360. The van der Waals surface area contributed by atoms with Crippen LogP contribution in [0, 0.1) is 10.8 Å². The number of hydrogen-bond donors (Lipinski definition) is 2. The van der Waals surface area contributed by atoms with Gasteiger partial charge in [-0.15, -0.1) is 0 Å². The lowest BCUT2D eigenvalue weighted by Gasteiger charge is -2.45. The van der Waals surface area contributed by atoms with Gasteiger partial charge in [-0.05, 0) is 30.1 Å². The number of nitrogens with one attached hydrogen (secondary N) is 2. The molecule has 1 saturated carbocycles. The van der Waals surface area contributed by atoms with Crippen LogP contribution in [0.25, 0.3) is 0 Å². The summed E-state index contributed by atoms with van der Waals surface area (Å²) < 4.78 is 6.25. The number of carbonyl (C=O) groups is 1. The third kappa shape index (κ3) is 3.43. The monoisotopic (exact) mass is 283 g/mol. The first-order valence-electron chi connectivity index (χ1n) is 6.54. The second-order valence-corrected chi connectivity index (χ2v) is 7.62. The van der Waals surface area contributed by atoms with E-state index >= 15 is 0 Å². The molecule has 2 rings (SSSR count). The molecule has 0 unspecified atom stereocenters. The van der Waals surface area contributed by atoms with Gasteiger partial charge in [0.2, 0.25) is 5.69 Å². The molecule has 6 heteroatoms. The summed E-state index contributed by atoms with van der Waals surface area (Å²) in [7, 11) is 0. The third-order valence-corrected chi connectivity index (χ3v) is 4.15. The van der Waals surface area contributed by atoms with Gasteiger partial charge < -0.3 is 5.32 Å². The SMILES string of the molecule is CC1(C)CC(NC(=O)c2ns[nH]c2=O)CC(C)(C)C1. The largest absolute Gasteiger partial charge is 0.348 e. The van der Waals surface area contributed by atoms with Gasteiger partial charge >= 0.3 is 0 Å². The van der Waals surface area contributed by atoms with Gasteiger partial charge in [-0.3, -0.25) is 14.0 Å². The Balaban J connectivity index is 2.09. The molecule has 1 heterocycles. The van der Waals surface area contributed by atoms with Crippen molar-refractivity contribution in [2.45, 2.75) is 53.0 Å². The van der Waals surface area contributed by atoms with E-state index < -0.39 is 5.56 Å². The molecular formula is C13H21N3O2S. The fraction of sp³-hybridized carbons (Fsp3) is 0.769. The third-order valence-electron chi connectivity index (χ3n) is 3.60. The summed E-state index contributed by atoms with van der Waals surface area (Å²) in [6.07, 6.45) is 3.01. The molecule has 0 aliphatic heterocycles. The predicted molar refractivity (Wildman–Crippen MR) is 75.4 cm³/mol. The second-order valence-electron chi connectivity index (χ2n) is 7.05. The van der Waals surface area contributed by atoms with E-state index in [9.17, 15) is 9.59 Å². The number of amides is 1. The van der Waals surface area contributed by atoms with Crippen LogP contribution in [0.5, 0.6) is 0 Å². The van der Waals surface area contributed by atoms with Gasteiger partial charge in [0, 0.05) is 17.8 Å². The molecule has 1 amide bonds. The van der Waals surface area contributed by atoms with Gasteiger partial charge in [-0.2, -0.15) is 4.37 Å². The minimum Gasteiger partial charge on any atom is -0.348 e. The van der Waals surface area contributed by atoms with Crippen molar-refractivity contribution in [1.29, 1.82) is 0 Å². The maximum atomic E-state index is 12.0. The first-order valence-corrected chi connectivity index (χ1v) is 7.31. The van der Waals surface area contributed by atoms with Crippen LogP contribution in [0.3, 0.4) is 0 Å². The van der Waals surface area contributed by atoms with Gasteiger partial charge in [-0.25, -0.2) is 0 Å². The summed E-state index contributed by atoms with van der Waals surface area (Å²) >= 11 is 0.908. The number of hydrogen-bond acceptors (Lipinski definition) is 4. The number of H-pyrrole nitrogens is 1. The molecule has 106 valence electrons. The molecule has 0 aromatic carbocycles. The van der Waals surface area contributed by atoms with Crippen LogP contribution in [0.15, 0.2) is 4.79 Å². The Hall–Kier alpha value is -1.17. The molecule has 2 N–H and O–H groups in total. The van der Waals surface area contributed by atoms with Gasteiger partial charge in [-0.1, -0.05) is 27.7 Å². The number of aromatic amines is 1. The minimum atomic E-state index is -0.406. The molecule has 1 aliphatic rings. The second kappa shape index (κ2) is 4.74. The van der Waals surface area contributed by atoms with E-state index in [0.29, 0.717) is 0 Å². The van der Waals surface area contributed by atoms with Crippen molar-refractivity contribution in [3.8, 4) is 0 Å². The Bertz CT molecular complexity index is 514. The molecule has 1 aliphatic carbocycles. The van der Waals surface area contributed by atoms with E-state index in [1.165, 1.54) is 0 Å². The summed E-state index contributed by atoms with van der Waals surface area (Å²) in [6, 6.07) is 0.104. The molecular weight excluding hydrogens is 262 g/mol. The molecule has 5 nitrogen and oxygen atoms in total. The molecule has 0 spiro atoms. The van der Waals surface area contributed by atoms with Gasteiger partial charge in [0.05, 0.1) is 0 Å². The van der Waals surface area contributed by atoms with Crippen molar-refractivity contribution in [3.63, 3.8) is 0 Å². The molecule has 1 aromatic heterocycles. The first-order chi connectivity index (χ1) is 8.69. The van der Waals surface area contributed by atoms with E-state index in [0.717, 1.165) is 31.0 Å². The van der Waals surface area contributed by atoms with Crippen LogP contribution < -0.4 is 10.9 Å². The highest BCUT2D eigenvalue weighted by Gasteiger charge is 2.39. The smallest absolute Gasteiger partial charge is 0.291 e. The molecule has 0 atom stereocenters. The van der Waals surface area contributed by atoms with Crippen LogP contribution in [0.4, 0.5) is 0 Å². The Morgan fingerprint density at radius 3 is 2.37 bits per heavy atom. The van der Waals surface area contributed by atoms with Crippen molar-refractivity contribution in [2.75, 3.05) is 0 Å². The Morgan fingerprint density at radius 2 is 1.89 bits per heavy atom. The van der Waals surface area contributed by atoms with Gasteiger partial charge in [0.15, 0.2) is 0 Å². The van der Waals surface area contributed by atoms with E-state index in [2.05, 4.69) is 41.8 Å². The van der Waals surface area contributed by atoms with Gasteiger partial charge in [0.1, 0.15) is 0 Å². The number of carbonyl (C=O) groups excluding carboxylic acids is 1.